The zero-order valence-corrected chi connectivity index (χ0v) is 17.0. The molecule has 0 spiro atoms. The SMILES string of the molecule is CCS(=O)(=O)c1cc(OC(C)(C)C#N)cnc1-c1cn2ccc(C(F)(F)F)cc2n1. The van der Waals surface area contributed by atoms with Crippen LogP contribution in [0.15, 0.2) is 41.7 Å². The lowest BCUT2D eigenvalue weighted by Crippen LogP contribution is -2.25. The average molecular weight is 438 g/mol. The van der Waals surface area contributed by atoms with Crippen LogP contribution < -0.4 is 4.74 Å². The maximum Gasteiger partial charge on any atom is 0.416 e. The Hall–Kier alpha value is -3.13. The number of aromatic nitrogens is 3. The lowest BCUT2D eigenvalue weighted by molar-refractivity contribution is -0.137. The van der Waals surface area contributed by atoms with Crippen LogP contribution in [0.1, 0.15) is 26.3 Å². The molecule has 7 nitrogen and oxygen atoms in total. The van der Waals surface area contributed by atoms with Gasteiger partial charge in [-0.25, -0.2) is 18.4 Å². The number of halogens is 3. The first-order chi connectivity index (χ1) is 13.9. The van der Waals surface area contributed by atoms with Crippen LogP contribution in [0, 0.1) is 11.3 Å². The van der Waals surface area contributed by atoms with E-state index in [-0.39, 0.29) is 33.4 Å². The molecule has 0 N–H and O–H groups in total. The van der Waals surface area contributed by atoms with Gasteiger partial charge in [-0.3, -0.25) is 0 Å². The Balaban J connectivity index is 2.16. The third-order valence-electron chi connectivity index (χ3n) is 4.22. The third kappa shape index (κ3) is 4.23. The second-order valence-corrected chi connectivity index (χ2v) is 9.20. The molecule has 0 saturated carbocycles. The van der Waals surface area contributed by atoms with Gasteiger partial charge in [0.2, 0.25) is 0 Å². The van der Waals surface area contributed by atoms with Crippen LogP contribution in [0.2, 0.25) is 0 Å². The highest BCUT2D eigenvalue weighted by molar-refractivity contribution is 7.91. The largest absolute Gasteiger partial charge is 0.471 e. The number of alkyl halides is 3. The third-order valence-corrected chi connectivity index (χ3v) is 5.96. The molecule has 30 heavy (non-hydrogen) atoms. The van der Waals surface area contributed by atoms with Crippen molar-refractivity contribution in [1.29, 1.82) is 5.26 Å². The van der Waals surface area contributed by atoms with Crippen LogP contribution in [-0.4, -0.2) is 34.1 Å². The van der Waals surface area contributed by atoms with E-state index in [2.05, 4.69) is 9.97 Å². The molecule has 0 fully saturated rings. The summed E-state index contributed by atoms with van der Waals surface area (Å²) in [6.45, 7) is 4.47. The lowest BCUT2D eigenvalue weighted by atomic mass is 10.2. The molecule has 0 aliphatic carbocycles. The molecule has 0 bridgehead atoms. The second-order valence-electron chi connectivity index (χ2n) is 6.95. The predicted octanol–water partition coefficient (Wildman–Crippen LogP) is 3.89. The molecule has 0 amide bonds. The number of ether oxygens (including phenoxy) is 1. The van der Waals surface area contributed by atoms with Gasteiger partial charge in [0.25, 0.3) is 0 Å². The Morgan fingerprint density at radius 3 is 2.57 bits per heavy atom. The number of nitriles is 1. The Bertz CT molecular complexity index is 1260. The Morgan fingerprint density at radius 2 is 1.97 bits per heavy atom. The van der Waals surface area contributed by atoms with Gasteiger partial charge in [-0.2, -0.15) is 18.4 Å². The normalized spacial score (nSPS) is 12.7. The molecule has 0 saturated heterocycles. The maximum absolute atomic E-state index is 13.0. The van der Waals surface area contributed by atoms with E-state index in [1.807, 2.05) is 6.07 Å². The van der Waals surface area contributed by atoms with E-state index in [0.717, 1.165) is 12.1 Å². The molecule has 0 aliphatic rings. The summed E-state index contributed by atoms with van der Waals surface area (Å²) in [6, 6.07) is 4.94. The van der Waals surface area contributed by atoms with Gasteiger partial charge in [0.05, 0.1) is 22.4 Å². The summed E-state index contributed by atoms with van der Waals surface area (Å²) in [4.78, 5) is 8.08. The zero-order valence-electron chi connectivity index (χ0n) is 16.2. The van der Waals surface area contributed by atoms with Gasteiger partial charge in [0.15, 0.2) is 15.4 Å². The molecule has 3 aromatic rings. The summed E-state index contributed by atoms with van der Waals surface area (Å²) in [7, 11) is -3.79. The first-order valence-corrected chi connectivity index (χ1v) is 10.4. The van der Waals surface area contributed by atoms with E-state index in [0.29, 0.717) is 0 Å². The van der Waals surface area contributed by atoms with Gasteiger partial charge in [0.1, 0.15) is 28.9 Å². The highest BCUT2D eigenvalue weighted by Crippen LogP contribution is 2.32. The molecule has 3 aromatic heterocycles. The van der Waals surface area contributed by atoms with Crippen molar-refractivity contribution in [2.75, 3.05) is 5.75 Å². The van der Waals surface area contributed by atoms with Crippen molar-refractivity contribution in [2.45, 2.75) is 37.4 Å². The minimum absolute atomic E-state index is 0.00703. The topological polar surface area (TPSA) is 97.3 Å². The fourth-order valence-corrected chi connectivity index (χ4v) is 3.72. The molecule has 0 aromatic carbocycles. The average Bonchev–Trinajstić information content (AvgIpc) is 3.10. The van der Waals surface area contributed by atoms with Crippen LogP contribution >= 0.6 is 0 Å². The number of imidazole rings is 1. The summed E-state index contributed by atoms with van der Waals surface area (Å²) in [6.07, 6.45) is -0.703. The Morgan fingerprint density at radius 1 is 1.27 bits per heavy atom. The van der Waals surface area contributed by atoms with E-state index in [1.54, 1.807) is 0 Å². The van der Waals surface area contributed by atoms with Crippen molar-refractivity contribution in [3.63, 3.8) is 0 Å². The van der Waals surface area contributed by atoms with Crippen molar-refractivity contribution in [1.82, 2.24) is 14.4 Å². The fourth-order valence-electron chi connectivity index (χ4n) is 2.66. The number of pyridine rings is 2. The standard InChI is InChI=1S/C19H17F3N4O3S/c1-4-30(27,28)15-8-13(29-18(2,3)11-23)9-24-17(15)14-10-26-6-5-12(19(20,21)22)7-16(26)25-14/h5-10H,4H2,1-3H3. The van der Waals surface area contributed by atoms with Gasteiger partial charge in [-0.1, -0.05) is 6.92 Å². The van der Waals surface area contributed by atoms with E-state index >= 15 is 0 Å². The molecule has 0 radical (unpaired) electrons. The molecule has 3 heterocycles. The van der Waals surface area contributed by atoms with Gasteiger partial charge >= 0.3 is 6.18 Å². The number of fused-ring (bicyclic) bond motifs is 1. The van der Waals surface area contributed by atoms with Crippen LogP contribution in [0.3, 0.4) is 0 Å². The fraction of sp³-hybridized carbons (Fsp3) is 0.316. The number of nitrogens with zero attached hydrogens (tertiary/aromatic N) is 4. The van der Waals surface area contributed by atoms with E-state index in [9.17, 15) is 21.6 Å². The Kier molecular flexibility index (Phi) is 5.24. The minimum atomic E-state index is -4.53. The molecule has 0 unspecified atom stereocenters. The van der Waals surface area contributed by atoms with E-state index < -0.39 is 27.2 Å². The number of hydrogen-bond donors (Lipinski definition) is 0. The highest BCUT2D eigenvalue weighted by atomic mass is 32.2. The molecular weight excluding hydrogens is 421 g/mol. The van der Waals surface area contributed by atoms with Crippen LogP contribution in [0.25, 0.3) is 17.0 Å². The van der Waals surface area contributed by atoms with Gasteiger partial charge < -0.3 is 9.14 Å². The van der Waals surface area contributed by atoms with Crippen molar-refractivity contribution < 1.29 is 26.3 Å². The first kappa shape index (κ1) is 21.6. The summed E-state index contributed by atoms with van der Waals surface area (Å²) in [5.74, 6) is -0.168. The molecule has 0 atom stereocenters. The summed E-state index contributed by atoms with van der Waals surface area (Å²) in [5.41, 5.74) is -2.02. The van der Waals surface area contributed by atoms with Crippen molar-refractivity contribution >= 4 is 15.5 Å². The summed E-state index contributed by atoms with van der Waals surface area (Å²) < 4.78 is 71.0. The van der Waals surface area contributed by atoms with E-state index in [4.69, 9.17) is 10.00 Å². The van der Waals surface area contributed by atoms with Gasteiger partial charge in [-0.15, -0.1) is 0 Å². The summed E-state index contributed by atoms with van der Waals surface area (Å²) >= 11 is 0. The van der Waals surface area contributed by atoms with E-state index in [1.165, 1.54) is 49.8 Å². The van der Waals surface area contributed by atoms with Crippen molar-refractivity contribution in [2.24, 2.45) is 0 Å². The lowest BCUT2D eigenvalue weighted by Gasteiger charge is -2.19. The molecule has 3 rings (SSSR count). The number of hydrogen-bond acceptors (Lipinski definition) is 6. The molecule has 11 heteroatoms. The molecule has 158 valence electrons. The monoisotopic (exact) mass is 438 g/mol. The Labute approximate surface area is 170 Å². The van der Waals surface area contributed by atoms with Gasteiger partial charge in [-0.05, 0) is 26.0 Å². The molecular formula is C19H17F3N4O3S. The van der Waals surface area contributed by atoms with Crippen molar-refractivity contribution in [3.8, 4) is 23.2 Å². The van der Waals surface area contributed by atoms with Crippen LogP contribution in [-0.2, 0) is 16.0 Å². The van der Waals surface area contributed by atoms with Crippen LogP contribution in [0.5, 0.6) is 5.75 Å². The van der Waals surface area contributed by atoms with Crippen molar-refractivity contribution in [3.05, 3.63) is 42.4 Å². The highest BCUT2D eigenvalue weighted by Gasteiger charge is 2.31. The quantitative estimate of drug-likeness (QED) is 0.600. The zero-order chi connectivity index (χ0) is 22.3. The number of rotatable bonds is 5. The van der Waals surface area contributed by atoms with Gasteiger partial charge in [0, 0.05) is 18.5 Å². The first-order valence-electron chi connectivity index (χ1n) is 8.76. The smallest absolute Gasteiger partial charge is 0.416 e. The summed E-state index contributed by atoms with van der Waals surface area (Å²) in [5, 5.41) is 9.12. The number of sulfone groups is 1. The predicted molar refractivity (Wildman–Crippen MR) is 101 cm³/mol. The minimum Gasteiger partial charge on any atom is -0.471 e. The molecule has 0 aliphatic heterocycles. The van der Waals surface area contributed by atoms with Crippen LogP contribution in [0.4, 0.5) is 13.2 Å². The maximum atomic E-state index is 13.0. The second kappa shape index (κ2) is 7.28.